The second kappa shape index (κ2) is 4.67. The van der Waals surface area contributed by atoms with Gasteiger partial charge in [-0.05, 0) is 36.8 Å². The van der Waals surface area contributed by atoms with E-state index in [2.05, 4.69) is 36.1 Å². The molecule has 0 bridgehead atoms. The maximum atomic E-state index is 10.7. The first kappa shape index (κ1) is 12.2. The fourth-order valence-electron chi connectivity index (χ4n) is 3.06. The predicted molar refractivity (Wildman–Crippen MR) is 73.7 cm³/mol. The van der Waals surface area contributed by atoms with Gasteiger partial charge in [0.25, 0.3) is 0 Å². The van der Waals surface area contributed by atoms with Crippen LogP contribution in [0.15, 0.2) is 24.3 Å². The Bertz CT molecular complexity index is 410. The van der Waals surface area contributed by atoms with Crippen molar-refractivity contribution in [3.63, 3.8) is 0 Å². The normalized spacial score (nSPS) is 28.8. The lowest BCUT2D eigenvalue weighted by molar-refractivity contribution is 0.0487. The Balaban J connectivity index is 1.63. The third-order valence-electron chi connectivity index (χ3n) is 4.39. The van der Waals surface area contributed by atoms with Crippen molar-refractivity contribution >= 4 is 0 Å². The van der Waals surface area contributed by atoms with Gasteiger partial charge in [-0.2, -0.15) is 0 Å². The van der Waals surface area contributed by atoms with Gasteiger partial charge in [-0.25, -0.2) is 0 Å². The lowest BCUT2D eigenvalue weighted by Crippen LogP contribution is -2.36. The van der Waals surface area contributed by atoms with Crippen LogP contribution >= 0.6 is 0 Å². The molecule has 1 aromatic carbocycles. The predicted octanol–water partition coefficient (Wildman–Crippen LogP) is 2.39. The molecule has 1 N–H and O–H groups in total. The lowest BCUT2D eigenvalue weighted by atomic mass is 9.93. The van der Waals surface area contributed by atoms with E-state index in [0.717, 1.165) is 38.4 Å². The molecule has 0 spiro atoms. The van der Waals surface area contributed by atoms with E-state index in [1.807, 2.05) is 0 Å². The van der Waals surface area contributed by atoms with Crippen LogP contribution < -0.4 is 0 Å². The first-order valence-electron chi connectivity index (χ1n) is 7.23. The van der Waals surface area contributed by atoms with E-state index < -0.39 is 5.60 Å². The second-order valence-corrected chi connectivity index (χ2v) is 6.02. The number of hydrogen-bond donors (Lipinski definition) is 1. The van der Waals surface area contributed by atoms with Gasteiger partial charge in [0, 0.05) is 25.6 Å². The number of β-amino-alcohol motifs (C(OH)–C–C–N with tert-alkyl or cyclic N) is 1. The molecule has 0 amide bonds. The highest BCUT2D eigenvalue weighted by Crippen LogP contribution is 2.34. The van der Waals surface area contributed by atoms with Gasteiger partial charge in [0.15, 0.2) is 0 Å². The zero-order valence-corrected chi connectivity index (χ0v) is 11.2. The summed E-state index contributed by atoms with van der Waals surface area (Å²) in [7, 11) is 0. The average molecular weight is 245 g/mol. The molecular formula is C16H23NO. The van der Waals surface area contributed by atoms with Crippen LogP contribution in [0.2, 0.25) is 0 Å². The van der Waals surface area contributed by atoms with E-state index in [1.165, 1.54) is 24.0 Å². The summed E-state index contributed by atoms with van der Waals surface area (Å²) in [4.78, 5) is 2.47. The molecule has 1 aliphatic carbocycles. The zero-order chi connectivity index (χ0) is 12.6. The zero-order valence-electron chi connectivity index (χ0n) is 11.2. The van der Waals surface area contributed by atoms with E-state index in [4.69, 9.17) is 0 Å². The van der Waals surface area contributed by atoms with Gasteiger partial charge in [0.2, 0.25) is 0 Å². The molecule has 2 fully saturated rings. The maximum Gasteiger partial charge on any atom is 0.0826 e. The van der Waals surface area contributed by atoms with Crippen molar-refractivity contribution in [2.45, 2.75) is 50.7 Å². The second-order valence-electron chi connectivity index (χ2n) is 6.02. The molecule has 0 radical (unpaired) electrons. The Morgan fingerprint density at radius 1 is 1.22 bits per heavy atom. The Labute approximate surface area is 110 Å². The standard InChI is InChI=1S/C16H23NO/c1-2-13-3-5-14(6-4-13)11-16(18)9-10-17(12-16)15-7-8-15/h3-6,15,18H,2,7-12H2,1H3. The van der Waals surface area contributed by atoms with Gasteiger partial charge in [-0.3, -0.25) is 4.90 Å². The summed E-state index contributed by atoms with van der Waals surface area (Å²) in [5.41, 5.74) is 2.15. The number of benzene rings is 1. The van der Waals surface area contributed by atoms with Crippen LogP contribution in [-0.4, -0.2) is 34.7 Å². The Kier molecular flexibility index (Phi) is 3.16. The molecule has 1 heterocycles. The number of likely N-dealkylation sites (tertiary alicyclic amines) is 1. The van der Waals surface area contributed by atoms with Gasteiger partial charge < -0.3 is 5.11 Å². The van der Waals surface area contributed by atoms with Crippen LogP contribution in [0.4, 0.5) is 0 Å². The summed E-state index contributed by atoms with van der Waals surface area (Å²) in [6.07, 6.45) is 5.49. The van der Waals surface area contributed by atoms with Crippen LogP contribution in [0.5, 0.6) is 0 Å². The Morgan fingerprint density at radius 3 is 2.50 bits per heavy atom. The first-order valence-corrected chi connectivity index (χ1v) is 7.23. The molecule has 1 aliphatic heterocycles. The molecule has 1 unspecified atom stereocenters. The van der Waals surface area contributed by atoms with Crippen LogP contribution in [0.3, 0.4) is 0 Å². The van der Waals surface area contributed by atoms with E-state index in [0.29, 0.717) is 0 Å². The molecular weight excluding hydrogens is 222 g/mol. The first-order chi connectivity index (χ1) is 8.68. The van der Waals surface area contributed by atoms with Gasteiger partial charge in [-0.15, -0.1) is 0 Å². The lowest BCUT2D eigenvalue weighted by Gasteiger charge is -2.23. The number of rotatable bonds is 4. The van der Waals surface area contributed by atoms with E-state index in [1.54, 1.807) is 0 Å². The molecule has 1 aromatic rings. The molecule has 2 nitrogen and oxygen atoms in total. The van der Waals surface area contributed by atoms with Crippen molar-refractivity contribution in [1.29, 1.82) is 0 Å². The minimum atomic E-state index is -0.490. The monoisotopic (exact) mass is 245 g/mol. The van der Waals surface area contributed by atoms with Crippen molar-refractivity contribution < 1.29 is 5.11 Å². The van der Waals surface area contributed by atoms with Crippen molar-refractivity contribution in [3.8, 4) is 0 Å². The molecule has 1 saturated heterocycles. The SMILES string of the molecule is CCc1ccc(CC2(O)CCN(C3CC3)C2)cc1. The molecule has 0 aromatic heterocycles. The minimum Gasteiger partial charge on any atom is -0.388 e. The quantitative estimate of drug-likeness (QED) is 0.880. The Morgan fingerprint density at radius 2 is 1.89 bits per heavy atom. The van der Waals surface area contributed by atoms with Crippen molar-refractivity contribution in [2.24, 2.45) is 0 Å². The number of aryl methyl sites for hydroxylation is 1. The van der Waals surface area contributed by atoms with E-state index in [-0.39, 0.29) is 0 Å². The van der Waals surface area contributed by atoms with Crippen molar-refractivity contribution in [1.82, 2.24) is 4.90 Å². The molecule has 1 atom stereocenters. The van der Waals surface area contributed by atoms with Gasteiger partial charge in [0.1, 0.15) is 0 Å². The fourth-order valence-corrected chi connectivity index (χ4v) is 3.06. The summed E-state index contributed by atoms with van der Waals surface area (Å²) in [5, 5.41) is 10.7. The highest BCUT2D eigenvalue weighted by atomic mass is 16.3. The summed E-state index contributed by atoms with van der Waals surface area (Å²) < 4.78 is 0. The molecule has 2 heteroatoms. The highest BCUT2D eigenvalue weighted by molar-refractivity contribution is 5.24. The smallest absolute Gasteiger partial charge is 0.0826 e. The van der Waals surface area contributed by atoms with Crippen LogP contribution in [0, 0.1) is 0 Å². The summed E-state index contributed by atoms with van der Waals surface area (Å²) in [5.74, 6) is 0. The summed E-state index contributed by atoms with van der Waals surface area (Å²) in [6.45, 7) is 4.12. The van der Waals surface area contributed by atoms with Gasteiger partial charge >= 0.3 is 0 Å². The third kappa shape index (κ3) is 2.60. The topological polar surface area (TPSA) is 23.5 Å². The number of aliphatic hydroxyl groups is 1. The number of nitrogens with zero attached hydrogens (tertiary/aromatic N) is 1. The molecule has 1 saturated carbocycles. The van der Waals surface area contributed by atoms with Gasteiger partial charge in [-0.1, -0.05) is 31.2 Å². The minimum absolute atomic E-state index is 0.490. The van der Waals surface area contributed by atoms with Crippen LogP contribution in [0.1, 0.15) is 37.3 Å². The van der Waals surface area contributed by atoms with Crippen molar-refractivity contribution in [3.05, 3.63) is 35.4 Å². The number of hydrogen-bond acceptors (Lipinski definition) is 2. The van der Waals surface area contributed by atoms with Crippen LogP contribution in [-0.2, 0) is 12.8 Å². The maximum absolute atomic E-state index is 10.7. The van der Waals surface area contributed by atoms with E-state index >= 15 is 0 Å². The highest BCUT2D eigenvalue weighted by Gasteiger charge is 2.41. The average Bonchev–Trinajstić information content (AvgIpc) is 3.15. The summed E-state index contributed by atoms with van der Waals surface area (Å²) in [6, 6.07) is 9.51. The van der Waals surface area contributed by atoms with E-state index in [9.17, 15) is 5.11 Å². The van der Waals surface area contributed by atoms with Crippen molar-refractivity contribution in [2.75, 3.05) is 13.1 Å². The van der Waals surface area contributed by atoms with Gasteiger partial charge in [0.05, 0.1) is 5.60 Å². The third-order valence-corrected chi connectivity index (χ3v) is 4.39. The largest absolute Gasteiger partial charge is 0.388 e. The molecule has 3 rings (SSSR count). The van der Waals surface area contributed by atoms with Crippen LogP contribution in [0.25, 0.3) is 0 Å². The molecule has 98 valence electrons. The Hall–Kier alpha value is -0.860. The fraction of sp³-hybridized carbons (Fsp3) is 0.625. The summed E-state index contributed by atoms with van der Waals surface area (Å²) >= 11 is 0. The molecule has 18 heavy (non-hydrogen) atoms. The molecule has 2 aliphatic rings.